The molecular weight excluding hydrogens is 182 g/mol. The predicted octanol–water partition coefficient (Wildman–Crippen LogP) is 0.0833. The molecule has 66 valence electrons. The second-order valence-corrected chi connectivity index (χ2v) is 2.33. The van der Waals surface area contributed by atoms with Crippen LogP contribution >= 0.6 is 11.6 Å². The molecule has 5 nitrogen and oxygen atoms in total. The SMILES string of the molecule is Nc1ncnc(OCCO)c1Cl. The maximum absolute atomic E-state index is 8.45. The van der Waals surface area contributed by atoms with E-state index in [2.05, 4.69) is 9.97 Å². The van der Waals surface area contributed by atoms with Gasteiger partial charge in [0.2, 0.25) is 5.88 Å². The summed E-state index contributed by atoms with van der Waals surface area (Å²) >= 11 is 5.67. The zero-order valence-corrected chi connectivity index (χ0v) is 6.95. The van der Waals surface area contributed by atoms with Gasteiger partial charge in [0.1, 0.15) is 23.8 Å². The molecule has 0 aliphatic rings. The maximum Gasteiger partial charge on any atom is 0.238 e. The molecule has 0 radical (unpaired) electrons. The molecule has 1 aromatic heterocycles. The molecule has 1 heterocycles. The van der Waals surface area contributed by atoms with Crippen molar-refractivity contribution in [3.05, 3.63) is 11.3 Å². The molecule has 0 amide bonds. The summed E-state index contributed by atoms with van der Waals surface area (Å²) < 4.78 is 4.95. The van der Waals surface area contributed by atoms with Gasteiger partial charge in [0.15, 0.2) is 0 Å². The largest absolute Gasteiger partial charge is 0.474 e. The second-order valence-electron chi connectivity index (χ2n) is 1.95. The topological polar surface area (TPSA) is 81.3 Å². The summed E-state index contributed by atoms with van der Waals surface area (Å²) in [7, 11) is 0. The zero-order chi connectivity index (χ0) is 8.97. The van der Waals surface area contributed by atoms with Crippen LogP contribution in [0.15, 0.2) is 6.33 Å². The van der Waals surface area contributed by atoms with Gasteiger partial charge in [-0.2, -0.15) is 0 Å². The number of halogens is 1. The Balaban J connectivity index is 2.78. The number of aliphatic hydroxyl groups is 1. The highest BCUT2D eigenvalue weighted by Gasteiger charge is 2.06. The Kier molecular flexibility index (Phi) is 3.07. The standard InChI is InChI=1S/C6H8ClN3O2/c7-4-5(8)9-3-10-6(4)12-2-1-11/h3,11H,1-2H2,(H2,8,9,10). The summed E-state index contributed by atoms with van der Waals surface area (Å²) in [6.07, 6.45) is 1.24. The molecule has 0 unspecified atom stereocenters. The van der Waals surface area contributed by atoms with E-state index in [-0.39, 0.29) is 29.9 Å². The molecule has 1 aromatic rings. The lowest BCUT2D eigenvalue weighted by atomic mass is 10.5. The normalized spacial score (nSPS) is 9.83. The number of anilines is 1. The van der Waals surface area contributed by atoms with Crippen LogP contribution in [0.25, 0.3) is 0 Å². The fraction of sp³-hybridized carbons (Fsp3) is 0.333. The number of nitrogen functional groups attached to an aromatic ring is 1. The van der Waals surface area contributed by atoms with Gasteiger partial charge in [-0.15, -0.1) is 0 Å². The Bertz CT molecular complexity index is 269. The molecular formula is C6H8ClN3O2. The number of aliphatic hydroxyl groups excluding tert-OH is 1. The minimum Gasteiger partial charge on any atom is -0.474 e. The molecule has 0 aliphatic carbocycles. The van der Waals surface area contributed by atoms with E-state index in [0.717, 1.165) is 0 Å². The quantitative estimate of drug-likeness (QED) is 0.704. The first-order valence-corrected chi connectivity index (χ1v) is 3.63. The monoisotopic (exact) mass is 189 g/mol. The van der Waals surface area contributed by atoms with E-state index in [4.69, 9.17) is 27.2 Å². The first-order valence-electron chi connectivity index (χ1n) is 3.25. The summed E-state index contributed by atoms with van der Waals surface area (Å²) in [5, 5.41) is 8.62. The molecule has 3 N–H and O–H groups in total. The lowest BCUT2D eigenvalue weighted by Gasteiger charge is -2.04. The Labute approximate surface area is 74.2 Å². The van der Waals surface area contributed by atoms with Gasteiger partial charge in [-0.3, -0.25) is 0 Å². The van der Waals surface area contributed by atoms with Crippen LogP contribution in [-0.2, 0) is 0 Å². The Hall–Kier alpha value is -1.07. The fourth-order valence-electron chi connectivity index (χ4n) is 0.609. The molecule has 0 saturated heterocycles. The van der Waals surface area contributed by atoms with Crippen molar-refractivity contribution in [2.45, 2.75) is 0 Å². The van der Waals surface area contributed by atoms with Gasteiger partial charge in [-0.25, -0.2) is 9.97 Å². The van der Waals surface area contributed by atoms with Crippen molar-refractivity contribution in [2.75, 3.05) is 18.9 Å². The Morgan fingerprint density at radius 2 is 2.33 bits per heavy atom. The molecule has 0 bridgehead atoms. The van der Waals surface area contributed by atoms with Crippen LogP contribution in [0, 0.1) is 0 Å². The molecule has 1 rings (SSSR count). The molecule has 0 atom stereocenters. The predicted molar refractivity (Wildman–Crippen MR) is 44.0 cm³/mol. The molecule has 0 aromatic carbocycles. The van der Waals surface area contributed by atoms with E-state index in [1.165, 1.54) is 6.33 Å². The van der Waals surface area contributed by atoms with Gasteiger partial charge >= 0.3 is 0 Å². The van der Waals surface area contributed by atoms with E-state index in [9.17, 15) is 0 Å². The van der Waals surface area contributed by atoms with Crippen molar-refractivity contribution in [3.8, 4) is 5.88 Å². The second kappa shape index (κ2) is 4.08. The molecule has 0 spiro atoms. The van der Waals surface area contributed by atoms with Crippen LogP contribution in [-0.4, -0.2) is 28.3 Å². The van der Waals surface area contributed by atoms with Crippen molar-refractivity contribution < 1.29 is 9.84 Å². The van der Waals surface area contributed by atoms with Crippen LogP contribution in [0.4, 0.5) is 5.82 Å². The zero-order valence-electron chi connectivity index (χ0n) is 6.20. The van der Waals surface area contributed by atoms with Gasteiger partial charge in [-0.05, 0) is 0 Å². The third-order valence-electron chi connectivity index (χ3n) is 1.11. The van der Waals surface area contributed by atoms with Gasteiger partial charge in [0.25, 0.3) is 0 Å². The summed E-state index contributed by atoms with van der Waals surface area (Å²) in [5.74, 6) is 0.359. The van der Waals surface area contributed by atoms with Crippen LogP contribution < -0.4 is 10.5 Å². The van der Waals surface area contributed by atoms with Crippen LogP contribution in [0.1, 0.15) is 0 Å². The molecule has 12 heavy (non-hydrogen) atoms. The lowest BCUT2D eigenvalue weighted by Crippen LogP contribution is -2.05. The number of aromatic nitrogens is 2. The number of hydrogen-bond donors (Lipinski definition) is 2. The van der Waals surface area contributed by atoms with Crippen molar-refractivity contribution in [3.63, 3.8) is 0 Å². The van der Waals surface area contributed by atoms with Crippen LogP contribution in [0.5, 0.6) is 5.88 Å². The smallest absolute Gasteiger partial charge is 0.238 e. The molecule has 0 saturated carbocycles. The highest BCUT2D eigenvalue weighted by atomic mass is 35.5. The summed E-state index contributed by atoms with van der Waals surface area (Å²) in [5.41, 5.74) is 5.37. The minimum atomic E-state index is -0.0970. The third kappa shape index (κ3) is 1.96. The third-order valence-corrected chi connectivity index (χ3v) is 1.47. The number of nitrogens with two attached hydrogens (primary N) is 1. The van der Waals surface area contributed by atoms with Crippen molar-refractivity contribution in [1.29, 1.82) is 0 Å². The van der Waals surface area contributed by atoms with Gasteiger partial charge in [0, 0.05) is 0 Å². The molecule has 0 aliphatic heterocycles. The Morgan fingerprint density at radius 3 is 3.00 bits per heavy atom. The minimum absolute atomic E-state index is 0.0970. The summed E-state index contributed by atoms with van der Waals surface area (Å²) in [6.45, 7) is 0.0381. The first kappa shape index (κ1) is 9.02. The van der Waals surface area contributed by atoms with Gasteiger partial charge in [-0.1, -0.05) is 11.6 Å². The average molecular weight is 190 g/mol. The molecule has 0 fully saturated rings. The van der Waals surface area contributed by atoms with E-state index >= 15 is 0 Å². The fourth-order valence-corrected chi connectivity index (χ4v) is 0.762. The summed E-state index contributed by atoms with van der Waals surface area (Å²) in [4.78, 5) is 7.36. The van der Waals surface area contributed by atoms with E-state index in [0.29, 0.717) is 0 Å². The number of hydrogen-bond acceptors (Lipinski definition) is 5. The number of ether oxygens (including phenoxy) is 1. The van der Waals surface area contributed by atoms with Crippen LogP contribution in [0.3, 0.4) is 0 Å². The number of nitrogens with zero attached hydrogens (tertiary/aromatic N) is 2. The van der Waals surface area contributed by atoms with Crippen molar-refractivity contribution >= 4 is 17.4 Å². The highest BCUT2D eigenvalue weighted by Crippen LogP contribution is 2.24. The average Bonchev–Trinajstić information content (AvgIpc) is 2.08. The van der Waals surface area contributed by atoms with E-state index < -0.39 is 0 Å². The lowest BCUT2D eigenvalue weighted by molar-refractivity contribution is 0.196. The van der Waals surface area contributed by atoms with Crippen molar-refractivity contribution in [2.24, 2.45) is 0 Å². The maximum atomic E-state index is 8.45. The van der Waals surface area contributed by atoms with E-state index in [1.807, 2.05) is 0 Å². The van der Waals surface area contributed by atoms with Gasteiger partial charge < -0.3 is 15.6 Å². The van der Waals surface area contributed by atoms with Crippen molar-refractivity contribution in [1.82, 2.24) is 9.97 Å². The van der Waals surface area contributed by atoms with Crippen LogP contribution in [0.2, 0.25) is 5.02 Å². The number of rotatable bonds is 3. The molecule has 6 heteroatoms. The Morgan fingerprint density at radius 1 is 1.58 bits per heavy atom. The highest BCUT2D eigenvalue weighted by molar-refractivity contribution is 6.33. The van der Waals surface area contributed by atoms with Gasteiger partial charge in [0.05, 0.1) is 6.61 Å². The van der Waals surface area contributed by atoms with E-state index in [1.54, 1.807) is 0 Å². The summed E-state index contributed by atoms with van der Waals surface area (Å²) in [6, 6.07) is 0. The first-order chi connectivity index (χ1) is 5.75.